The highest BCUT2D eigenvalue weighted by molar-refractivity contribution is 6.02. The molecule has 0 atom stereocenters. The van der Waals surface area contributed by atoms with E-state index in [4.69, 9.17) is 4.74 Å². The number of methoxy groups -OCH3 is 1. The lowest BCUT2D eigenvalue weighted by Gasteiger charge is -2.38. The molecule has 1 heterocycles. The lowest BCUT2D eigenvalue weighted by Crippen LogP contribution is -2.47. The Morgan fingerprint density at radius 3 is 2.26 bits per heavy atom. The number of piperazine rings is 1. The smallest absolute Gasteiger partial charge is 0.253 e. The molecular formula is C31H45N5O3. The van der Waals surface area contributed by atoms with Crippen LogP contribution in [-0.4, -0.2) is 76.2 Å². The van der Waals surface area contributed by atoms with Gasteiger partial charge >= 0.3 is 0 Å². The standard InChI is InChI=1S/C31H45N5O3/c1-4-34(5-2)18-17-32-31(38)26-23-25(33-30(37)24-11-7-6-8-12-24)15-16-27(26)35-19-21-36(22-20-35)28-13-9-10-14-29(28)39-3/h9-10,13-16,23-24H,4-8,11-12,17-22H2,1-3H3,(H,32,38)(H,33,37). The predicted molar refractivity (Wildman–Crippen MR) is 159 cm³/mol. The summed E-state index contributed by atoms with van der Waals surface area (Å²) in [5, 5.41) is 6.23. The Morgan fingerprint density at radius 1 is 0.923 bits per heavy atom. The zero-order valence-corrected chi connectivity index (χ0v) is 23.9. The maximum absolute atomic E-state index is 13.5. The summed E-state index contributed by atoms with van der Waals surface area (Å²) in [5.41, 5.74) is 3.30. The number of likely N-dealkylation sites (N-methyl/N-ethyl adjacent to an activating group) is 1. The topological polar surface area (TPSA) is 77.2 Å². The van der Waals surface area contributed by atoms with Crippen molar-refractivity contribution in [2.75, 3.05) is 74.6 Å². The van der Waals surface area contributed by atoms with Crippen LogP contribution in [0.3, 0.4) is 0 Å². The first-order valence-corrected chi connectivity index (χ1v) is 14.6. The average molecular weight is 536 g/mol. The first-order chi connectivity index (χ1) is 19.0. The van der Waals surface area contributed by atoms with Gasteiger partial charge in [0.25, 0.3) is 5.91 Å². The molecule has 0 bridgehead atoms. The van der Waals surface area contributed by atoms with Crippen LogP contribution in [0, 0.1) is 5.92 Å². The van der Waals surface area contributed by atoms with Crippen molar-refractivity contribution in [2.24, 2.45) is 5.92 Å². The summed E-state index contributed by atoms with van der Waals surface area (Å²) < 4.78 is 5.57. The molecule has 1 saturated heterocycles. The van der Waals surface area contributed by atoms with Crippen molar-refractivity contribution in [3.8, 4) is 5.75 Å². The Morgan fingerprint density at radius 2 is 1.59 bits per heavy atom. The van der Waals surface area contributed by atoms with E-state index in [-0.39, 0.29) is 17.7 Å². The summed E-state index contributed by atoms with van der Waals surface area (Å²) in [6, 6.07) is 13.9. The molecule has 39 heavy (non-hydrogen) atoms. The Balaban J connectivity index is 1.49. The van der Waals surface area contributed by atoms with Crippen LogP contribution in [0.5, 0.6) is 5.75 Å². The number of anilines is 3. The van der Waals surface area contributed by atoms with Crippen molar-refractivity contribution < 1.29 is 14.3 Å². The summed E-state index contributed by atoms with van der Waals surface area (Å²) in [7, 11) is 1.70. The SMILES string of the molecule is CCN(CC)CCNC(=O)c1cc(NC(=O)C2CCCCC2)ccc1N1CCN(c2ccccc2OC)CC1. The minimum Gasteiger partial charge on any atom is -0.495 e. The highest BCUT2D eigenvalue weighted by Crippen LogP contribution is 2.31. The Kier molecular flexibility index (Phi) is 10.5. The zero-order chi connectivity index (χ0) is 27.6. The van der Waals surface area contributed by atoms with E-state index in [1.54, 1.807) is 7.11 Å². The van der Waals surface area contributed by atoms with Gasteiger partial charge in [0.2, 0.25) is 5.91 Å². The van der Waals surface area contributed by atoms with E-state index >= 15 is 0 Å². The van der Waals surface area contributed by atoms with Gasteiger partial charge in [-0.1, -0.05) is 45.2 Å². The quantitative estimate of drug-likeness (QED) is 0.438. The molecule has 212 valence electrons. The van der Waals surface area contributed by atoms with Gasteiger partial charge in [0.1, 0.15) is 5.75 Å². The van der Waals surface area contributed by atoms with Crippen LogP contribution in [0.4, 0.5) is 17.1 Å². The van der Waals surface area contributed by atoms with Crippen molar-refractivity contribution in [1.82, 2.24) is 10.2 Å². The molecule has 4 rings (SSSR count). The maximum atomic E-state index is 13.5. The number of hydrogen-bond donors (Lipinski definition) is 2. The largest absolute Gasteiger partial charge is 0.495 e. The predicted octanol–water partition coefficient (Wildman–Crippen LogP) is 4.61. The molecule has 2 amide bonds. The first-order valence-electron chi connectivity index (χ1n) is 14.6. The third-order valence-electron chi connectivity index (χ3n) is 8.14. The molecule has 0 aromatic heterocycles. The normalized spacial score (nSPS) is 16.3. The van der Waals surface area contributed by atoms with E-state index in [0.29, 0.717) is 17.8 Å². The molecular weight excluding hydrogens is 490 g/mol. The number of carbonyl (C=O) groups is 2. The van der Waals surface area contributed by atoms with Crippen LogP contribution in [0.1, 0.15) is 56.3 Å². The van der Waals surface area contributed by atoms with Gasteiger partial charge < -0.3 is 30.1 Å². The number of ether oxygens (including phenoxy) is 1. The molecule has 2 N–H and O–H groups in total. The maximum Gasteiger partial charge on any atom is 0.253 e. The van der Waals surface area contributed by atoms with Gasteiger partial charge in [0.15, 0.2) is 0 Å². The van der Waals surface area contributed by atoms with Crippen molar-refractivity contribution in [3.63, 3.8) is 0 Å². The number of amides is 2. The zero-order valence-electron chi connectivity index (χ0n) is 23.9. The molecule has 2 aliphatic rings. The van der Waals surface area contributed by atoms with Crippen LogP contribution in [0.25, 0.3) is 0 Å². The van der Waals surface area contributed by atoms with E-state index in [2.05, 4.69) is 45.2 Å². The molecule has 8 heteroatoms. The van der Waals surface area contributed by atoms with Gasteiger partial charge in [-0.3, -0.25) is 9.59 Å². The van der Waals surface area contributed by atoms with Crippen molar-refractivity contribution in [3.05, 3.63) is 48.0 Å². The lowest BCUT2D eigenvalue weighted by atomic mass is 9.88. The summed E-state index contributed by atoms with van der Waals surface area (Å²) in [6.45, 7) is 10.8. The van der Waals surface area contributed by atoms with Gasteiger partial charge in [-0.2, -0.15) is 0 Å². The summed E-state index contributed by atoms with van der Waals surface area (Å²) in [5.74, 6) is 0.906. The third-order valence-corrected chi connectivity index (χ3v) is 8.14. The van der Waals surface area contributed by atoms with Crippen LogP contribution in [0.2, 0.25) is 0 Å². The van der Waals surface area contributed by atoms with Gasteiger partial charge in [0, 0.05) is 56.6 Å². The lowest BCUT2D eigenvalue weighted by molar-refractivity contribution is -0.120. The van der Waals surface area contributed by atoms with Crippen molar-refractivity contribution in [1.29, 1.82) is 0 Å². The van der Waals surface area contributed by atoms with E-state index in [1.807, 2.05) is 36.4 Å². The molecule has 8 nitrogen and oxygen atoms in total. The average Bonchev–Trinajstić information content (AvgIpc) is 2.99. The molecule has 1 aliphatic carbocycles. The second kappa shape index (κ2) is 14.2. The van der Waals surface area contributed by atoms with E-state index in [9.17, 15) is 9.59 Å². The molecule has 1 saturated carbocycles. The second-order valence-electron chi connectivity index (χ2n) is 10.5. The van der Waals surface area contributed by atoms with Crippen LogP contribution < -0.4 is 25.2 Å². The van der Waals surface area contributed by atoms with Crippen molar-refractivity contribution in [2.45, 2.75) is 46.0 Å². The third kappa shape index (κ3) is 7.44. The van der Waals surface area contributed by atoms with E-state index in [1.165, 1.54) is 6.42 Å². The Labute approximate surface area is 233 Å². The van der Waals surface area contributed by atoms with Gasteiger partial charge in [0.05, 0.1) is 18.4 Å². The number of carbonyl (C=O) groups excluding carboxylic acids is 2. The molecule has 2 fully saturated rings. The molecule has 2 aromatic carbocycles. The van der Waals surface area contributed by atoms with Crippen LogP contribution >= 0.6 is 0 Å². The number of rotatable bonds is 11. The fourth-order valence-corrected chi connectivity index (χ4v) is 5.72. The number of nitrogens with zero attached hydrogens (tertiary/aromatic N) is 3. The monoisotopic (exact) mass is 535 g/mol. The number of hydrogen-bond acceptors (Lipinski definition) is 6. The Bertz CT molecular complexity index is 1090. The fourth-order valence-electron chi connectivity index (χ4n) is 5.72. The highest BCUT2D eigenvalue weighted by Gasteiger charge is 2.25. The number of benzene rings is 2. The summed E-state index contributed by atoms with van der Waals surface area (Å²) >= 11 is 0. The minimum absolute atomic E-state index is 0.0628. The van der Waals surface area contributed by atoms with E-state index < -0.39 is 0 Å². The molecule has 1 aliphatic heterocycles. The fraction of sp³-hybridized carbons (Fsp3) is 0.548. The molecule has 2 aromatic rings. The molecule has 0 unspecified atom stereocenters. The van der Waals surface area contributed by atoms with Gasteiger partial charge in [-0.05, 0) is 56.3 Å². The summed E-state index contributed by atoms with van der Waals surface area (Å²) in [4.78, 5) is 33.3. The van der Waals surface area contributed by atoms with Crippen LogP contribution in [0.15, 0.2) is 42.5 Å². The molecule has 0 radical (unpaired) electrons. The number of para-hydroxylation sites is 2. The summed E-state index contributed by atoms with van der Waals surface area (Å²) in [6.07, 6.45) is 5.31. The first kappa shape index (κ1) is 28.7. The second-order valence-corrected chi connectivity index (χ2v) is 10.5. The van der Waals surface area contributed by atoms with Crippen LogP contribution in [-0.2, 0) is 4.79 Å². The van der Waals surface area contributed by atoms with E-state index in [0.717, 1.165) is 88.6 Å². The minimum atomic E-state index is -0.0990. The van der Waals surface area contributed by atoms with Gasteiger partial charge in [-0.15, -0.1) is 0 Å². The van der Waals surface area contributed by atoms with Gasteiger partial charge in [-0.25, -0.2) is 0 Å². The number of nitrogens with one attached hydrogen (secondary N) is 2. The van der Waals surface area contributed by atoms with Crippen molar-refractivity contribution >= 4 is 28.9 Å². The highest BCUT2D eigenvalue weighted by atomic mass is 16.5. The molecule has 0 spiro atoms. The Hall–Kier alpha value is -3.26.